The van der Waals surface area contributed by atoms with Gasteiger partial charge < -0.3 is 10.6 Å². The van der Waals surface area contributed by atoms with Gasteiger partial charge >= 0.3 is 5.69 Å². The van der Waals surface area contributed by atoms with E-state index in [2.05, 4.69) is 26.7 Å². The van der Waals surface area contributed by atoms with Crippen LogP contribution < -0.4 is 10.6 Å². The van der Waals surface area contributed by atoms with Crippen molar-refractivity contribution in [2.45, 2.75) is 19.3 Å². The highest BCUT2D eigenvalue weighted by Gasteiger charge is 2.18. The summed E-state index contributed by atoms with van der Waals surface area (Å²) in [6.07, 6.45) is 4.52. The van der Waals surface area contributed by atoms with Crippen LogP contribution >= 0.6 is 0 Å². The van der Waals surface area contributed by atoms with Gasteiger partial charge in [-0.25, -0.2) is 4.98 Å². The molecule has 0 radical (unpaired) electrons. The molecule has 0 atom stereocenters. The molecular weight excluding hydrogens is 270 g/mol. The number of nitro groups is 1. The van der Waals surface area contributed by atoms with Crippen LogP contribution in [0, 0.1) is 10.1 Å². The number of hydrogen-bond acceptors (Lipinski definition) is 6. The van der Waals surface area contributed by atoms with E-state index in [0.717, 1.165) is 24.9 Å². The van der Waals surface area contributed by atoms with Gasteiger partial charge in [0, 0.05) is 12.7 Å². The van der Waals surface area contributed by atoms with Gasteiger partial charge in [-0.05, 0) is 42.5 Å². The van der Waals surface area contributed by atoms with Crippen LogP contribution in [-0.2, 0) is 12.8 Å². The summed E-state index contributed by atoms with van der Waals surface area (Å²) in [5, 5.41) is 16.9. The number of fused-ring (bicyclic) bond motifs is 1. The van der Waals surface area contributed by atoms with Gasteiger partial charge in [0.15, 0.2) is 0 Å². The molecule has 3 rings (SSSR count). The van der Waals surface area contributed by atoms with E-state index in [9.17, 15) is 10.1 Å². The minimum absolute atomic E-state index is 0.144. The molecule has 108 valence electrons. The number of nitrogens with one attached hydrogen (secondary N) is 2. The van der Waals surface area contributed by atoms with E-state index in [1.54, 1.807) is 7.05 Å². The van der Waals surface area contributed by atoms with E-state index in [0.29, 0.717) is 5.95 Å². The summed E-state index contributed by atoms with van der Waals surface area (Å²) in [6.45, 7) is 0. The maximum atomic E-state index is 11.1. The number of aryl methyl sites for hydroxylation is 2. The second kappa shape index (κ2) is 5.35. The topological polar surface area (TPSA) is 93.0 Å². The number of benzene rings is 1. The Hall–Kier alpha value is -2.70. The Bertz CT molecular complexity index is 702. The zero-order valence-corrected chi connectivity index (χ0v) is 11.6. The van der Waals surface area contributed by atoms with Gasteiger partial charge in [-0.2, -0.15) is 4.98 Å². The van der Waals surface area contributed by atoms with Crippen LogP contribution in [0.4, 0.5) is 23.1 Å². The minimum atomic E-state index is -0.491. The Morgan fingerprint density at radius 2 is 2.10 bits per heavy atom. The zero-order valence-electron chi connectivity index (χ0n) is 11.6. The van der Waals surface area contributed by atoms with Crippen LogP contribution in [0.1, 0.15) is 17.5 Å². The van der Waals surface area contributed by atoms with E-state index in [1.807, 2.05) is 12.1 Å². The monoisotopic (exact) mass is 285 g/mol. The van der Waals surface area contributed by atoms with Crippen LogP contribution in [0.2, 0.25) is 0 Å². The Kier molecular flexibility index (Phi) is 3.39. The SMILES string of the molecule is CNc1ncc([N+](=O)[O-])c(Nc2ccc3c(c2)CCC3)n1. The second-order valence-corrected chi connectivity index (χ2v) is 4.90. The first-order valence-corrected chi connectivity index (χ1v) is 6.75. The van der Waals surface area contributed by atoms with Crippen LogP contribution in [-0.4, -0.2) is 21.9 Å². The van der Waals surface area contributed by atoms with Crippen molar-refractivity contribution < 1.29 is 4.92 Å². The van der Waals surface area contributed by atoms with Crippen molar-refractivity contribution >= 4 is 23.1 Å². The fourth-order valence-corrected chi connectivity index (χ4v) is 2.51. The highest BCUT2D eigenvalue weighted by molar-refractivity contribution is 5.67. The average molecular weight is 285 g/mol. The van der Waals surface area contributed by atoms with Gasteiger partial charge in [0.1, 0.15) is 6.20 Å². The van der Waals surface area contributed by atoms with E-state index >= 15 is 0 Å². The third-order valence-corrected chi connectivity index (χ3v) is 3.55. The van der Waals surface area contributed by atoms with E-state index < -0.39 is 4.92 Å². The summed E-state index contributed by atoms with van der Waals surface area (Å²) in [5.41, 5.74) is 3.31. The standard InChI is InChI=1S/C14H15N5O2/c1-15-14-16-8-12(19(20)21)13(18-14)17-11-6-5-9-3-2-4-10(9)7-11/h5-8H,2-4H2,1H3,(H2,15,16,17,18). The van der Waals surface area contributed by atoms with Gasteiger partial charge in [-0.3, -0.25) is 10.1 Å². The zero-order chi connectivity index (χ0) is 14.8. The lowest BCUT2D eigenvalue weighted by atomic mass is 10.1. The van der Waals surface area contributed by atoms with Crippen molar-refractivity contribution in [3.8, 4) is 0 Å². The summed E-state index contributed by atoms with van der Waals surface area (Å²) >= 11 is 0. The fraction of sp³-hybridized carbons (Fsp3) is 0.286. The maximum Gasteiger partial charge on any atom is 0.329 e. The smallest absolute Gasteiger partial charge is 0.329 e. The molecule has 1 aliphatic rings. The first-order valence-electron chi connectivity index (χ1n) is 6.75. The highest BCUT2D eigenvalue weighted by atomic mass is 16.6. The van der Waals surface area contributed by atoms with Crippen molar-refractivity contribution in [2.75, 3.05) is 17.7 Å². The lowest BCUT2D eigenvalue weighted by Gasteiger charge is -2.09. The van der Waals surface area contributed by atoms with E-state index in [1.165, 1.54) is 17.3 Å². The quantitative estimate of drug-likeness (QED) is 0.662. The molecule has 0 unspecified atom stereocenters. The first kappa shape index (κ1) is 13.3. The van der Waals surface area contributed by atoms with Crippen LogP contribution in [0.5, 0.6) is 0 Å². The molecule has 21 heavy (non-hydrogen) atoms. The predicted octanol–water partition coefficient (Wildman–Crippen LogP) is 2.66. The molecule has 1 aromatic heterocycles. The summed E-state index contributed by atoms with van der Waals surface area (Å²) in [7, 11) is 1.67. The van der Waals surface area contributed by atoms with Gasteiger partial charge in [-0.1, -0.05) is 6.07 Å². The van der Waals surface area contributed by atoms with Crippen molar-refractivity contribution in [3.63, 3.8) is 0 Å². The Labute approximate surface area is 121 Å². The molecule has 0 fully saturated rings. The molecule has 0 bridgehead atoms. The predicted molar refractivity (Wildman–Crippen MR) is 80.0 cm³/mol. The summed E-state index contributed by atoms with van der Waals surface area (Å²) in [6, 6.07) is 6.03. The molecular formula is C14H15N5O2. The second-order valence-electron chi connectivity index (χ2n) is 4.90. The van der Waals surface area contributed by atoms with Gasteiger partial charge in [0.05, 0.1) is 4.92 Å². The Morgan fingerprint density at radius 1 is 1.29 bits per heavy atom. The van der Waals surface area contributed by atoms with Gasteiger partial charge in [0.25, 0.3) is 0 Å². The number of anilines is 3. The molecule has 1 aliphatic carbocycles. The molecule has 2 aromatic rings. The van der Waals surface area contributed by atoms with Crippen molar-refractivity contribution in [1.29, 1.82) is 0 Å². The molecule has 7 nitrogen and oxygen atoms in total. The summed E-state index contributed by atoms with van der Waals surface area (Å²) in [4.78, 5) is 18.6. The number of hydrogen-bond donors (Lipinski definition) is 2. The van der Waals surface area contributed by atoms with Crippen LogP contribution in [0.15, 0.2) is 24.4 Å². The van der Waals surface area contributed by atoms with E-state index in [-0.39, 0.29) is 11.5 Å². The largest absolute Gasteiger partial charge is 0.357 e. The third-order valence-electron chi connectivity index (χ3n) is 3.55. The first-order chi connectivity index (χ1) is 10.2. The maximum absolute atomic E-state index is 11.1. The molecule has 2 N–H and O–H groups in total. The van der Waals surface area contributed by atoms with Crippen LogP contribution in [0.25, 0.3) is 0 Å². The molecule has 1 heterocycles. The highest BCUT2D eigenvalue weighted by Crippen LogP contribution is 2.29. The summed E-state index contributed by atoms with van der Waals surface area (Å²) in [5.74, 6) is 0.529. The minimum Gasteiger partial charge on any atom is -0.357 e. The Morgan fingerprint density at radius 3 is 2.86 bits per heavy atom. The molecule has 0 spiro atoms. The van der Waals surface area contributed by atoms with Crippen molar-refractivity contribution in [2.24, 2.45) is 0 Å². The average Bonchev–Trinajstić information content (AvgIpc) is 2.94. The number of aromatic nitrogens is 2. The lowest BCUT2D eigenvalue weighted by molar-refractivity contribution is -0.384. The van der Waals surface area contributed by atoms with Gasteiger partial charge in [-0.15, -0.1) is 0 Å². The van der Waals surface area contributed by atoms with Crippen LogP contribution in [0.3, 0.4) is 0 Å². The normalized spacial score (nSPS) is 12.8. The van der Waals surface area contributed by atoms with Crippen molar-refractivity contribution in [1.82, 2.24) is 9.97 Å². The number of nitrogens with zero attached hydrogens (tertiary/aromatic N) is 3. The molecule has 0 saturated heterocycles. The molecule has 7 heteroatoms. The molecule has 0 amide bonds. The lowest BCUT2D eigenvalue weighted by Crippen LogP contribution is -2.04. The molecule has 1 aromatic carbocycles. The summed E-state index contributed by atoms with van der Waals surface area (Å²) < 4.78 is 0. The van der Waals surface area contributed by atoms with E-state index in [4.69, 9.17) is 0 Å². The molecule has 0 saturated carbocycles. The van der Waals surface area contributed by atoms with Crippen molar-refractivity contribution in [3.05, 3.63) is 45.6 Å². The number of rotatable bonds is 4. The Balaban J connectivity index is 1.95. The molecule has 0 aliphatic heterocycles. The van der Waals surface area contributed by atoms with Gasteiger partial charge in [0.2, 0.25) is 11.8 Å². The fourth-order valence-electron chi connectivity index (χ4n) is 2.51. The third kappa shape index (κ3) is 2.62.